The summed E-state index contributed by atoms with van der Waals surface area (Å²) >= 11 is 0. The van der Waals surface area contributed by atoms with Crippen LogP contribution in [0, 0.1) is 0 Å². The number of carbonyl (C=O) groups is 1. The van der Waals surface area contributed by atoms with E-state index < -0.39 is 11.9 Å². The number of rotatable bonds is 7. The Labute approximate surface area is 117 Å². The van der Waals surface area contributed by atoms with Gasteiger partial charge in [-0.1, -0.05) is 30.3 Å². The topological polar surface area (TPSA) is 82.2 Å². The van der Waals surface area contributed by atoms with Crippen molar-refractivity contribution in [2.75, 3.05) is 19.0 Å². The van der Waals surface area contributed by atoms with E-state index in [-0.39, 0.29) is 0 Å². The lowest BCUT2D eigenvalue weighted by Gasteiger charge is -2.15. The van der Waals surface area contributed by atoms with Crippen LogP contribution in [0.3, 0.4) is 0 Å². The summed E-state index contributed by atoms with van der Waals surface area (Å²) in [6.07, 6.45) is 1.82. The Hall–Kier alpha value is -2.34. The zero-order valence-electron chi connectivity index (χ0n) is 11.3. The minimum Gasteiger partial charge on any atom is -0.383 e. The molecular formula is C14H18N4O2. The smallest absolute Gasteiger partial charge is 0.244 e. The third-order valence-corrected chi connectivity index (χ3v) is 2.87. The highest BCUT2D eigenvalue weighted by Crippen LogP contribution is 2.17. The second-order valence-corrected chi connectivity index (χ2v) is 4.35. The van der Waals surface area contributed by atoms with Crippen LogP contribution in [0.2, 0.25) is 0 Å². The molecule has 0 aliphatic rings. The molecular weight excluding hydrogens is 256 g/mol. The predicted molar refractivity (Wildman–Crippen MR) is 76.1 cm³/mol. The van der Waals surface area contributed by atoms with Crippen LogP contribution in [-0.2, 0) is 16.1 Å². The number of nitrogens with one attached hydrogen (secondary N) is 1. The van der Waals surface area contributed by atoms with Crippen molar-refractivity contribution in [3.05, 3.63) is 48.2 Å². The van der Waals surface area contributed by atoms with Crippen LogP contribution in [0.25, 0.3) is 0 Å². The first-order valence-corrected chi connectivity index (χ1v) is 6.34. The first-order valence-electron chi connectivity index (χ1n) is 6.34. The molecule has 106 valence electrons. The number of amides is 1. The number of aromatic nitrogens is 2. The quantitative estimate of drug-likeness (QED) is 0.794. The number of primary amides is 1. The van der Waals surface area contributed by atoms with Gasteiger partial charge in [-0.05, 0) is 5.56 Å². The first-order chi connectivity index (χ1) is 9.70. The number of ether oxygens (including phenoxy) is 1. The first kappa shape index (κ1) is 14.1. The molecule has 0 saturated carbocycles. The number of methoxy groups -OCH3 is 1. The van der Waals surface area contributed by atoms with Gasteiger partial charge < -0.3 is 15.8 Å². The lowest BCUT2D eigenvalue weighted by atomic mass is 10.1. The van der Waals surface area contributed by atoms with Crippen molar-refractivity contribution in [1.82, 2.24) is 9.78 Å². The Morgan fingerprint density at radius 1 is 1.40 bits per heavy atom. The third-order valence-electron chi connectivity index (χ3n) is 2.87. The Kier molecular flexibility index (Phi) is 4.73. The summed E-state index contributed by atoms with van der Waals surface area (Å²) in [5.74, 6) is 0.163. The van der Waals surface area contributed by atoms with Gasteiger partial charge in [-0.15, -0.1) is 0 Å². The van der Waals surface area contributed by atoms with Gasteiger partial charge >= 0.3 is 0 Å². The van der Waals surface area contributed by atoms with E-state index in [1.54, 1.807) is 17.9 Å². The Morgan fingerprint density at radius 2 is 2.15 bits per heavy atom. The molecule has 0 aliphatic carbocycles. The fraction of sp³-hybridized carbons (Fsp3) is 0.286. The molecule has 2 aromatic rings. The van der Waals surface area contributed by atoms with Crippen LogP contribution in [0.1, 0.15) is 11.6 Å². The third kappa shape index (κ3) is 3.58. The monoisotopic (exact) mass is 274 g/mol. The van der Waals surface area contributed by atoms with Crippen LogP contribution < -0.4 is 11.1 Å². The van der Waals surface area contributed by atoms with Gasteiger partial charge in [-0.25, -0.2) is 0 Å². The Bertz CT molecular complexity index is 553. The van der Waals surface area contributed by atoms with Crippen molar-refractivity contribution in [2.24, 2.45) is 5.73 Å². The number of hydrogen-bond donors (Lipinski definition) is 2. The van der Waals surface area contributed by atoms with E-state index >= 15 is 0 Å². The van der Waals surface area contributed by atoms with Crippen molar-refractivity contribution in [1.29, 1.82) is 0 Å². The fourth-order valence-electron chi connectivity index (χ4n) is 1.86. The summed E-state index contributed by atoms with van der Waals surface area (Å²) < 4.78 is 6.73. The van der Waals surface area contributed by atoms with Gasteiger partial charge in [0.25, 0.3) is 0 Å². The maximum absolute atomic E-state index is 11.6. The van der Waals surface area contributed by atoms with E-state index in [2.05, 4.69) is 10.4 Å². The molecule has 6 nitrogen and oxygen atoms in total. The summed E-state index contributed by atoms with van der Waals surface area (Å²) in [4.78, 5) is 11.6. The minimum absolute atomic E-state index is 0.442. The van der Waals surface area contributed by atoms with E-state index in [0.29, 0.717) is 19.0 Å². The summed E-state index contributed by atoms with van der Waals surface area (Å²) in [7, 11) is 1.64. The minimum atomic E-state index is -0.595. The molecule has 1 aromatic heterocycles. The van der Waals surface area contributed by atoms with Crippen molar-refractivity contribution in [3.63, 3.8) is 0 Å². The highest BCUT2D eigenvalue weighted by Gasteiger charge is 2.18. The standard InChI is InChI=1S/C14H18N4O2/c1-20-10-9-18-8-7-12(17-18)16-13(14(15)19)11-5-3-2-4-6-11/h2-8,13H,9-10H2,1H3,(H2,15,19)(H,16,17)/t13-/m0/s1. The second kappa shape index (κ2) is 6.72. The highest BCUT2D eigenvalue weighted by molar-refractivity contribution is 5.84. The van der Waals surface area contributed by atoms with Crippen molar-refractivity contribution < 1.29 is 9.53 Å². The molecule has 0 aliphatic heterocycles. The van der Waals surface area contributed by atoms with E-state index in [9.17, 15) is 4.79 Å². The summed E-state index contributed by atoms with van der Waals surface area (Å²) in [6, 6.07) is 10.5. The van der Waals surface area contributed by atoms with Crippen LogP contribution in [0.15, 0.2) is 42.6 Å². The Morgan fingerprint density at radius 3 is 2.80 bits per heavy atom. The number of hydrogen-bond acceptors (Lipinski definition) is 4. The molecule has 0 spiro atoms. The largest absolute Gasteiger partial charge is 0.383 e. The predicted octanol–water partition coefficient (Wildman–Crippen LogP) is 1.17. The van der Waals surface area contributed by atoms with Gasteiger partial charge in [0.15, 0.2) is 0 Å². The normalized spacial score (nSPS) is 12.1. The van der Waals surface area contributed by atoms with E-state index in [1.807, 2.05) is 36.5 Å². The molecule has 1 heterocycles. The van der Waals surface area contributed by atoms with Crippen molar-refractivity contribution in [2.45, 2.75) is 12.6 Å². The Balaban J connectivity index is 2.09. The molecule has 1 aromatic carbocycles. The van der Waals surface area contributed by atoms with E-state index in [1.165, 1.54) is 0 Å². The van der Waals surface area contributed by atoms with Gasteiger partial charge in [0, 0.05) is 19.4 Å². The SMILES string of the molecule is COCCn1ccc(N[C@H](C(N)=O)c2ccccc2)n1. The van der Waals surface area contributed by atoms with Gasteiger partial charge in [-0.3, -0.25) is 9.48 Å². The molecule has 6 heteroatoms. The second-order valence-electron chi connectivity index (χ2n) is 4.35. The zero-order chi connectivity index (χ0) is 14.4. The van der Waals surface area contributed by atoms with Crippen LogP contribution in [-0.4, -0.2) is 29.4 Å². The average Bonchev–Trinajstić information content (AvgIpc) is 2.91. The molecule has 0 unspecified atom stereocenters. The molecule has 0 fully saturated rings. The maximum atomic E-state index is 11.6. The maximum Gasteiger partial charge on any atom is 0.244 e. The molecule has 0 radical (unpaired) electrons. The highest BCUT2D eigenvalue weighted by atomic mass is 16.5. The van der Waals surface area contributed by atoms with Gasteiger partial charge in [0.2, 0.25) is 5.91 Å². The molecule has 0 saturated heterocycles. The zero-order valence-corrected chi connectivity index (χ0v) is 11.3. The molecule has 3 N–H and O–H groups in total. The van der Waals surface area contributed by atoms with Crippen LogP contribution in [0.5, 0.6) is 0 Å². The lowest BCUT2D eigenvalue weighted by molar-refractivity contribution is -0.118. The average molecular weight is 274 g/mol. The molecule has 1 amide bonds. The number of anilines is 1. The fourth-order valence-corrected chi connectivity index (χ4v) is 1.86. The van der Waals surface area contributed by atoms with Crippen molar-refractivity contribution in [3.8, 4) is 0 Å². The summed E-state index contributed by atoms with van der Waals surface area (Å²) in [5, 5.41) is 7.36. The van der Waals surface area contributed by atoms with Crippen LogP contribution >= 0.6 is 0 Å². The van der Waals surface area contributed by atoms with Crippen LogP contribution in [0.4, 0.5) is 5.82 Å². The number of nitrogens with two attached hydrogens (primary N) is 1. The van der Waals surface area contributed by atoms with Crippen molar-refractivity contribution >= 4 is 11.7 Å². The number of benzene rings is 1. The molecule has 0 bridgehead atoms. The van der Waals surface area contributed by atoms with Gasteiger partial charge in [-0.2, -0.15) is 5.10 Å². The van der Waals surface area contributed by atoms with Gasteiger partial charge in [0.05, 0.1) is 13.2 Å². The molecule has 1 atom stereocenters. The number of carbonyl (C=O) groups excluding carboxylic acids is 1. The lowest BCUT2D eigenvalue weighted by Crippen LogP contribution is -2.27. The van der Waals surface area contributed by atoms with E-state index in [4.69, 9.17) is 10.5 Å². The van der Waals surface area contributed by atoms with E-state index in [0.717, 1.165) is 5.56 Å². The van der Waals surface area contributed by atoms with Gasteiger partial charge in [0.1, 0.15) is 11.9 Å². The number of nitrogens with zero attached hydrogens (tertiary/aromatic N) is 2. The molecule has 2 rings (SSSR count). The summed E-state index contributed by atoms with van der Waals surface area (Å²) in [6.45, 7) is 1.24. The summed E-state index contributed by atoms with van der Waals surface area (Å²) in [5.41, 5.74) is 6.26. The molecule has 20 heavy (non-hydrogen) atoms.